The molecule has 1 aliphatic heterocycles. The monoisotopic (exact) mass is 364 g/mol. The van der Waals surface area contributed by atoms with Crippen LogP contribution in [0.15, 0.2) is 48.7 Å². The van der Waals surface area contributed by atoms with Crippen LogP contribution in [0.2, 0.25) is 0 Å². The number of fused-ring (bicyclic) bond motifs is 1. The number of ether oxygens (including phenoxy) is 1. The highest BCUT2D eigenvalue weighted by atomic mass is 16.5. The highest BCUT2D eigenvalue weighted by Gasteiger charge is 2.19. The third-order valence-electron chi connectivity index (χ3n) is 4.56. The number of morpholine rings is 1. The van der Waals surface area contributed by atoms with Crippen LogP contribution in [0, 0.1) is 0 Å². The molecule has 0 saturated carbocycles. The molecule has 3 aromatic rings. The van der Waals surface area contributed by atoms with Crippen molar-refractivity contribution in [2.75, 3.05) is 36.5 Å². The third-order valence-corrected chi connectivity index (χ3v) is 4.56. The number of pyridine rings is 1. The number of hydrogen-bond donors (Lipinski definition) is 2. The van der Waals surface area contributed by atoms with Crippen LogP contribution in [0.4, 0.5) is 17.1 Å². The summed E-state index contributed by atoms with van der Waals surface area (Å²) in [6.07, 6.45) is 1.36. The van der Waals surface area contributed by atoms with Gasteiger partial charge in [0.05, 0.1) is 30.1 Å². The van der Waals surface area contributed by atoms with Gasteiger partial charge in [-0.15, -0.1) is 5.75 Å². The summed E-state index contributed by atoms with van der Waals surface area (Å²) in [7, 11) is 0. The number of rotatable bonds is 4. The Morgan fingerprint density at radius 3 is 2.70 bits per heavy atom. The van der Waals surface area contributed by atoms with E-state index in [1.165, 1.54) is 18.3 Å². The number of carboxylic acid groups (broad SMARTS) is 1. The molecule has 1 aromatic heterocycles. The maximum absolute atomic E-state index is 11.7. The molecule has 0 bridgehead atoms. The van der Waals surface area contributed by atoms with Gasteiger partial charge in [0.2, 0.25) is 0 Å². The number of anilines is 3. The number of benzene rings is 2. The van der Waals surface area contributed by atoms with Crippen molar-refractivity contribution in [3.8, 4) is 5.75 Å². The number of aromatic carboxylic acids is 1. The molecule has 138 valence electrons. The van der Waals surface area contributed by atoms with Gasteiger partial charge in [0, 0.05) is 30.4 Å². The summed E-state index contributed by atoms with van der Waals surface area (Å²) in [4.78, 5) is 18.4. The van der Waals surface area contributed by atoms with Crippen molar-refractivity contribution >= 4 is 33.9 Å². The lowest BCUT2D eigenvalue weighted by molar-refractivity contribution is -0.268. The van der Waals surface area contributed by atoms with Crippen LogP contribution in [-0.4, -0.2) is 42.4 Å². The van der Waals surface area contributed by atoms with E-state index in [0.29, 0.717) is 35.5 Å². The van der Waals surface area contributed by atoms with Crippen molar-refractivity contribution < 1.29 is 19.7 Å². The van der Waals surface area contributed by atoms with Gasteiger partial charge in [-0.1, -0.05) is 24.3 Å². The molecule has 0 radical (unpaired) electrons. The van der Waals surface area contributed by atoms with Crippen molar-refractivity contribution in [1.82, 2.24) is 4.98 Å². The van der Waals surface area contributed by atoms with Crippen LogP contribution in [-0.2, 0) is 4.74 Å². The zero-order valence-electron chi connectivity index (χ0n) is 14.5. The van der Waals surface area contributed by atoms with Crippen LogP contribution < -0.4 is 15.3 Å². The molecule has 0 aliphatic carbocycles. The number of nitrogens with one attached hydrogen (secondary N) is 1. The number of para-hydroxylation sites is 1. The van der Waals surface area contributed by atoms with E-state index in [1.807, 2.05) is 18.2 Å². The summed E-state index contributed by atoms with van der Waals surface area (Å²) in [6.45, 7) is 2.79. The van der Waals surface area contributed by atoms with E-state index in [1.54, 1.807) is 12.1 Å². The number of carbonyl (C=O) groups is 1. The molecule has 4 rings (SSSR count). The molecule has 0 spiro atoms. The topological polar surface area (TPSA) is 97.8 Å². The normalized spacial score (nSPS) is 14.3. The second-order valence-corrected chi connectivity index (χ2v) is 6.28. The Kier molecular flexibility index (Phi) is 4.52. The van der Waals surface area contributed by atoms with Crippen LogP contribution in [0.3, 0.4) is 0 Å². The molecule has 2 N–H and O–H groups in total. The molecule has 1 aliphatic rings. The summed E-state index contributed by atoms with van der Waals surface area (Å²) in [5.41, 5.74) is 2.67. The second kappa shape index (κ2) is 7.13. The van der Waals surface area contributed by atoms with Gasteiger partial charge in [-0.2, -0.15) is 0 Å². The Hall–Kier alpha value is -3.32. The van der Waals surface area contributed by atoms with Crippen molar-refractivity contribution in [3.05, 3.63) is 54.2 Å². The lowest BCUT2D eigenvalue weighted by atomic mass is 10.1. The van der Waals surface area contributed by atoms with Crippen LogP contribution in [0.5, 0.6) is 5.75 Å². The molecule has 1 saturated heterocycles. The molecular weight excluding hydrogens is 346 g/mol. The van der Waals surface area contributed by atoms with Crippen molar-refractivity contribution in [2.24, 2.45) is 0 Å². The Labute approximate surface area is 155 Å². The van der Waals surface area contributed by atoms with Crippen molar-refractivity contribution in [3.63, 3.8) is 0 Å². The number of nitrogens with zero attached hydrogens (tertiary/aromatic N) is 2. The SMILES string of the molecule is O=C(O)c1cnc2c(N3CCOCC3)cccc2c1Nc1cccc([O-])c1. The van der Waals surface area contributed by atoms with Crippen molar-refractivity contribution in [2.45, 2.75) is 0 Å². The Balaban J connectivity index is 1.86. The minimum Gasteiger partial charge on any atom is -0.872 e. The molecule has 27 heavy (non-hydrogen) atoms. The Morgan fingerprint density at radius 2 is 1.96 bits per heavy atom. The molecular formula is C20H18N3O4-. The smallest absolute Gasteiger partial charge is 0.339 e. The van der Waals surface area contributed by atoms with Crippen LogP contribution in [0.25, 0.3) is 10.9 Å². The van der Waals surface area contributed by atoms with Gasteiger partial charge < -0.3 is 25.2 Å². The van der Waals surface area contributed by atoms with Gasteiger partial charge in [0.1, 0.15) is 5.56 Å². The van der Waals surface area contributed by atoms with E-state index >= 15 is 0 Å². The molecule has 7 heteroatoms. The highest BCUT2D eigenvalue weighted by molar-refractivity contribution is 6.08. The fraction of sp³-hybridized carbons (Fsp3) is 0.200. The molecule has 2 heterocycles. The quantitative estimate of drug-likeness (QED) is 0.734. The molecule has 0 atom stereocenters. The van der Waals surface area contributed by atoms with E-state index in [4.69, 9.17) is 4.74 Å². The van der Waals surface area contributed by atoms with E-state index < -0.39 is 5.97 Å². The van der Waals surface area contributed by atoms with Gasteiger partial charge in [0.25, 0.3) is 0 Å². The van der Waals surface area contributed by atoms with E-state index in [-0.39, 0.29) is 11.3 Å². The molecule has 7 nitrogen and oxygen atoms in total. The average Bonchev–Trinajstić information content (AvgIpc) is 2.68. The lowest BCUT2D eigenvalue weighted by Gasteiger charge is -2.29. The van der Waals surface area contributed by atoms with Gasteiger partial charge in [0.15, 0.2) is 0 Å². The van der Waals surface area contributed by atoms with Gasteiger partial charge in [-0.25, -0.2) is 4.79 Å². The third kappa shape index (κ3) is 3.37. The van der Waals surface area contributed by atoms with E-state index in [2.05, 4.69) is 15.2 Å². The first kappa shape index (κ1) is 17.1. The summed E-state index contributed by atoms with van der Waals surface area (Å²) in [5, 5.41) is 25.0. The minimum absolute atomic E-state index is 0.0536. The van der Waals surface area contributed by atoms with Crippen LogP contribution >= 0.6 is 0 Å². The number of aromatic nitrogens is 1. The van der Waals surface area contributed by atoms with Gasteiger partial charge in [-0.05, 0) is 18.2 Å². The molecule has 1 fully saturated rings. The predicted molar refractivity (Wildman–Crippen MR) is 101 cm³/mol. The van der Waals surface area contributed by atoms with Crippen molar-refractivity contribution in [1.29, 1.82) is 0 Å². The molecule has 2 aromatic carbocycles. The predicted octanol–water partition coefficient (Wildman–Crippen LogP) is 2.59. The fourth-order valence-corrected chi connectivity index (χ4v) is 3.28. The molecule has 0 unspecified atom stereocenters. The average molecular weight is 364 g/mol. The van der Waals surface area contributed by atoms with Gasteiger partial charge >= 0.3 is 5.97 Å². The molecule has 0 amide bonds. The zero-order valence-corrected chi connectivity index (χ0v) is 14.5. The maximum atomic E-state index is 11.7. The fourth-order valence-electron chi connectivity index (χ4n) is 3.28. The Bertz CT molecular complexity index is 1000. The number of hydrogen-bond acceptors (Lipinski definition) is 6. The summed E-state index contributed by atoms with van der Waals surface area (Å²) in [6, 6.07) is 11.9. The van der Waals surface area contributed by atoms with Gasteiger partial charge in [-0.3, -0.25) is 4.98 Å². The summed E-state index contributed by atoms with van der Waals surface area (Å²) < 4.78 is 5.42. The highest BCUT2D eigenvalue weighted by Crippen LogP contribution is 2.34. The first-order valence-electron chi connectivity index (χ1n) is 8.65. The van der Waals surface area contributed by atoms with E-state index in [0.717, 1.165) is 18.8 Å². The van der Waals surface area contributed by atoms with Crippen LogP contribution in [0.1, 0.15) is 10.4 Å². The number of carboxylic acids is 1. The first-order chi connectivity index (χ1) is 13.1. The largest absolute Gasteiger partial charge is 0.872 e. The Morgan fingerprint density at radius 1 is 1.19 bits per heavy atom. The minimum atomic E-state index is -1.08. The second-order valence-electron chi connectivity index (χ2n) is 6.28. The first-order valence-corrected chi connectivity index (χ1v) is 8.65. The maximum Gasteiger partial charge on any atom is 0.339 e. The summed E-state index contributed by atoms with van der Waals surface area (Å²) in [5.74, 6) is -1.23. The lowest BCUT2D eigenvalue weighted by Crippen LogP contribution is -2.36. The summed E-state index contributed by atoms with van der Waals surface area (Å²) >= 11 is 0. The van der Waals surface area contributed by atoms with E-state index in [9.17, 15) is 15.0 Å². The zero-order chi connectivity index (χ0) is 18.8. The standard InChI is InChI=1S/C20H19N3O4/c24-14-4-1-3-13(11-14)22-18-15-5-2-6-17(23-7-9-27-10-8-23)19(15)21-12-16(18)20(25)26/h1-6,11-12,24H,7-10H2,(H,21,22)(H,25,26)/p-1.